The fourth-order valence-electron chi connectivity index (χ4n) is 2.11. The number of aromatic nitrogens is 1. The average molecular weight is 241 g/mol. The van der Waals surface area contributed by atoms with Crippen molar-refractivity contribution in [3.8, 4) is 0 Å². The number of aryl methyl sites for hydroxylation is 1. The fraction of sp³-hybridized carbons (Fsp3) is 0.769. The molecule has 0 aromatic carbocycles. The molecule has 1 N–H and O–H groups in total. The monoisotopic (exact) mass is 241 g/mol. The fourth-order valence-corrected chi connectivity index (χ4v) is 2.94. The zero-order chi connectivity index (χ0) is 12.0. The highest BCUT2D eigenvalue weighted by molar-refractivity contribution is 7.09. The van der Waals surface area contributed by atoms with E-state index in [1.54, 1.807) is 11.3 Å². The molecule has 0 saturated carbocycles. The molecule has 3 heteroatoms. The second-order valence-corrected chi connectivity index (χ2v) is 5.43. The summed E-state index contributed by atoms with van der Waals surface area (Å²) in [4.78, 5) is 4.41. The molecule has 1 aromatic heterocycles. The number of nitrogens with zero attached hydrogens (tertiary/aromatic N) is 1. The first-order valence-electron chi connectivity index (χ1n) is 6.26. The van der Waals surface area contributed by atoms with E-state index in [2.05, 4.69) is 24.2 Å². The van der Waals surface area contributed by atoms with Crippen LogP contribution in [-0.2, 0) is 6.42 Å². The first-order chi connectivity index (χ1) is 7.67. The van der Waals surface area contributed by atoms with Crippen molar-refractivity contribution >= 4 is 11.3 Å². The molecular formula is C13H23NOS. The van der Waals surface area contributed by atoms with Gasteiger partial charge in [0, 0.05) is 17.5 Å². The average Bonchev–Trinajstić information content (AvgIpc) is 2.63. The molecule has 0 saturated heterocycles. The summed E-state index contributed by atoms with van der Waals surface area (Å²) in [6, 6.07) is 0. The Morgan fingerprint density at radius 1 is 1.31 bits per heavy atom. The molecule has 1 aromatic rings. The summed E-state index contributed by atoms with van der Waals surface area (Å²) in [5.41, 5.74) is 1.06. The zero-order valence-electron chi connectivity index (χ0n) is 10.6. The number of thiazole rings is 1. The van der Waals surface area contributed by atoms with Gasteiger partial charge in [-0.3, -0.25) is 0 Å². The van der Waals surface area contributed by atoms with E-state index in [9.17, 15) is 5.11 Å². The minimum Gasteiger partial charge on any atom is -0.392 e. The maximum absolute atomic E-state index is 10.2. The maximum Gasteiger partial charge on any atom is 0.0954 e. The highest BCUT2D eigenvalue weighted by Crippen LogP contribution is 2.22. The first-order valence-corrected chi connectivity index (χ1v) is 7.14. The predicted octanol–water partition coefficient (Wildman–Crippen LogP) is 3.57. The summed E-state index contributed by atoms with van der Waals surface area (Å²) in [7, 11) is 0. The van der Waals surface area contributed by atoms with E-state index in [0.29, 0.717) is 5.92 Å². The summed E-state index contributed by atoms with van der Waals surface area (Å²) in [5.74, 6) is 0.444. The second-order valence-electron chi connectivity index (χ2n) is 4.49. The molecule has 0 amide bonds. The Balaban J connectivity index is 2.50. The Hall–Kier alpha value is -0.410. The van der Waals surface area contributed by atoms with Gasteiger partial charge in [-0.1, -0.05) is 26.7 Å². The van der Waals surface area contributed by atoms with Crippen molar-refractivity contribution in [1.82, 2.24) is 4.98 Å². The number of hydrogen-bond donors (Lipinski definition) is 1. The van der Waals surface area contributed by atoms with Crippen molar-refractivity contribution < 1.29 is 5.11 Å². The van der Waals surface area contributed by atoms with Crippen molar-refractivity contribution in [2.75, 3.05) is 0 Å². The van der Waals surface area contributed by atoms with E-state index in [0.717, 1.165) is 42.8 Å². The Kier molecular flexibility index (Phi) is 5.99. The molecule has 1 heterocycles. The first kappa shape index (κ1) is 13.7. The molecule has 0 aliphatic rings. The Bertz CT molecular complexity index is 292. The van der Waals surface area contributed by atoms with Gasteiger partial charge in [0.2, 0.25) is 0 Å². The second kappa shape index (κ2) is 7.02. The van der Waals surface area contributed by atoms with Gasteiger partial charge in [-0.15, -0.1) is 11.3 Å². The lowest BCUT2D eigenvalue weighted by atomic mass is 9.91. The van der Waals surface area contributed by atoms with E-state index >= 15 is 0 Å². The third-order valence-corrected chi connectivity index (χ3v) is 3.90. The molecule has 0 fully saturated rings. The van der Waals surface area contributed by atoms with Crippen LogP contribution in [0.1, 0.15) is 50.2 Å². The lowest BCUT2D eigenvalue weighted by Gasteiger charge is -2.21. The predicted molar refractivity (Wildman–Crippen MR) is 69.9 cm³/mol. The smallest absolute Gasteiger partial charge is 0.0954 e. The number of rotatable bonds is 7. The largest absolute Gasteiger partial charge is 0.392 e. The molecule has 0 radical (unpaired) electrons. The van der Waals surface area contributed by atoms with Crippen LogP contribution in [0.3, 0.4) is 0 Å². The van der Waals surface area contributed by atoms with Crippen molar-refractivity contribution in [2.45, 2.75) is 59.0 Å². The van der Waals surface area contributed by atoms with Crippen LogP contribution in [0, 0.1) is 12.8 Å². The Labute approximate surface area is 103 Å². The van der Waals surface area contributed by atoms with E-state index < -0.39 is 0 Å². The summed E-state index contributed by atoms with van der Waals surface area (Å²) in [6.45, 7) is 6.37. The number of aliphatic hydroxyl groups is 1. The van der Waals surface area contributed by atoms with Crippen LogP contribution < -0.4 is 0 Å². The van der Waals surface area contributed by atoms with Gasteiger partial charge in [0.05, 0.1) is 11.1 Å². The van der Waals surface area contributed by atoms with Crippen molar-refractivity contribution in [3.63, 3.8) is 0 Å². The molecule has 2 nitrogen and oxygen atoms in total. The van der Waals surface area contributed by atoms with Crippen LogP contribution >= 0.6 is 11.3 Å². The Morgan fingerprint density at radius 3 is 2.38 bits per heavy atom. The summed E-state index contributed by atoms with van der Waals surface area (Å²) < 4.78 is 0. The van der Waals surface area contributed by atoms with E-state index in [-0.39, 0.29) is 6.10 Å². The minimum absolute atomic E-state index is 0.217. The molecule has 0 aliphatic heterocycles. The highest BCUT2D eigenvalue weighted by atomic mass is 32.1. The topological polar surface area (TPSA) is 33.1 Å². The molecule has 1 unspecified atom stereocenters. The van der Waals surface area contributed by atoms with Gasteiger partial charge in [0.25, 0.3) is 0 Å². The van der Waals surface area contributed by atoms with Gasteiger partial charge >= 0.3 is 0 Å². The lowest BCUT2D eigenvalue weighted by molar-refractivity contribution is 0.0963. The molecule has 0 aliphatic carbocycles. The maximum atomic E-state index is 10.2. The molecule has 1 atom stereocenters. The normalized spacial score (nSPS) is 13.3. The minimum atomic E-state index is -0.217. The summed E-state index contributed by atoms with van der Waals surface area (Å²) >= 11 is 1.66. The van der Waals surface area contributed by atoms with Gasteiger partial charge in [0.1, 0.15) is 0 Å². The quantitative estimate of drug-likeness (QED) is 0.791. The summed E-state index contributed by atoms with van der Waals surface area (Å²) in [5, 5.41) is 13.3. The van der Waals surface area contributed by atoms with Gasteiger partial charge in [-0.2, -0.15) is 0 Å². The highest BCUT2D eigenvalue weighted by Gasteiger charge is 2.19. The molecule has 16 heavy (non-hydrogen) atoms. The van der Waals surface area contributed by atoms with Gasteiger partial charge in [-0.25, -0.2) is 4.98 Å². The third-order valence-electron chi connectivity index (χ3n) is 2.91. The standard InChI is InChI=1S/C13H23NOS/c1-4-6-11(7-5-2)12(15)8-13-14-10(3)9-16-13/h9,11-12,15H,4-8H2,1-3H3. The van der Waals surface area contributed by atoms with Gasteiger partial charge < -0.3 is 5.11 Å². The van der Waals surface area contributed by atoms with Gasteiger partial charge in [-0.05, 0) is 25.7 Å². The van der Waals surface area contributed by atoms with E-state index in [1.165, 1.54) is 0 Å². The molecular weight excluding hydrogens is 218 g/mol. The molecule has 0 bridgehead atoms. The van der Waals surface area contributed by atoms with Crippen molar-refractivity contribution in [2.24, 2.45) is 5.92 Å². The zero-order valence-corrected chi connectivity index (χ0v) is 11.4. The SMILES string of the molecule is CCCC(CCC)C(O)Cc1nc(C)cs1. The lowest BCUT2D eigenvalue weighted by Crippen LogP contribution is -2.22. The van der Waals surface area contributed by atoms with Crippen LogP contribution in [0.25, 0.3) is 0 Å². The van der Waals surface area contributed by atoms with Crippen molar-refractivity contribution in [3.05, 3.63) is 16.1 Å². The van der Waals surface area contributed by atoms with Crippen LogP contribution in [0.15, 0.2) is 5.38 Å². The van der Waals surface area contributed by atoms with E-state index in [4.69, 9.17) is 0 Å². The van der Waals surface area contributed by atoms with Crippen LogP contribution in [0.5, 0.6) is 0 Å². The van der Waals surface area contributed by atoms with Crippen molar-refractivity contribution in [1.29, 1.82) is 0 Å². The van der Waals surface area contributed by atoms with Gasteiger partial charge in [0.15, 0.2) is 0 Å². The summed E-state index contributed by atoms with van der Waals surface area (Å²) in [6.07, 6.45) is 5.06. The molecule has 0 spiro atoms. The van der Waals surface area contributed by atoms with Crippen LogP contribution in [-0.4, -0.2) is 16.2 Å². The van der Waals surface area contributed by atoms with E-state index in [1.807, 2.05) is 6.92 Å². The third kappa shape index (κ3) is 4.22. The van der Waals surface area contributed by atoms with Crippen LogP contribution in [0.4, 0.5) is 0 Å². The number of aliphatic hydroxyl groups excluding tert-OH is 1. The number of hydrogen-bond acceptors (Lipinski definition) is 3. The van der Waals surface area contributed by atoms with Crippen LogP contribution in [0.2, 0.25) is 0 Å². The Morgan fingerprint density at radius 2 is 1.94 bits per heavy atom. The molecule has 92 valence electrons. The molecule has 1 rings (SSSR count).